The fourth-order valence-corrected chi connectivity index (χ4v) is 3.34. The maximum Gasteiger partial charge on any atom is 0.238 e. The Kier molecular flexibility index (Phi) is 4.25. The summed E-state index contributed by atoms with van der Waals surface area (Å²) >= 11 is 0. The van der Waals surface area contributed by atoms with Gasteiger partial charge >= 0.3 is 0 Å². The predicted molar refractivity (Wildman–Crippen MR) is 84.0 cm³/mol. The molecule has 0 aromatic heterocycles. The van der Waals surface area contributed by atoms with E-state index in [9.17, 15) is 4.79 Å². The molecule has 120 valence electrons. The van der Waals surface area contributed by atoms with Crippen LogP contribution in [-0.4, -0.2) is 36.6 Å². The molecular formula is C17H24N2O3. The first-order valence-electron chi connectivity index (χ1n) is 8.01. The molecule has 22 heavy (non-hydrogen) atoms. The minimum Gasteiger partial charge on any atom is -0.493 e. The lowest BCUT2D eigenvalue weighted by atomic mass is 10.0. The standard InChI is InChI=1S/C17H24N2O3/c1-11(2)22-14-8-7-12(10-15(14)21-3)16-18-17(20)13-6-4-5-9-19(13)16/h7-8,10-11,13,16H,4-6,9H2,1-3H3,(H,18,20). The normalized spacial score (nSPS) is 25.0. The molecule has 2 unspecified atom stereocenters. The number of carbonyl (C=O) groups excluding carboxylic acids is 1. The number of nitrogens with one attached hydrogen (secondary N) is 1. The van der Waals surface area contributed by atoms with Crippen LogP contribution in [-0.2, 0) is 4.79 Å². The molecule has 2 saturated heterocycles. The summed E-state index contributed by atoms with van der Waals surface area (Å²) in [6, 6.07) is 5.94. The SMILES string of the molecule is COc1cc(C2NC(=O)C3CCCCN32)ccc1OC(C)C. The Bertz CT molecular complexity index is 559. The molecule has 1 amide bonds. The van der Waals surface area contributed by atoms with Crippen LogP contribution in [0.15, 0.2) is 18.2 Å². The maximum atomic E-state index is 12.2. The highest BCUT2D eigenvalue weighted by Crippen LogP contribution is 2.36. The third-order valence-corrected chi connectivity index (χ3v) is 4.32. The zero-order valence-corrected chi connectivity index (χ0v) is 13.5. The molecule has 1 aromatic carbocycles. The van der Waals surface area contributed by atoms with Gasteiger partial charge in [0.1, 0.15) is 6.17 Å². The molecule has 3 rings (SSSR count). The summed E-state index contributed by atoms with van der Waals surface area (Å²) in [5.74, 6) is 1.59. The molecule has 0 saturated carbocycles. The number of rotatable bonds is 4. The number of fused-ring (bicyclic) bond motifs is 1. The van der Waals surface area contributed by atoms with Crippen molar-refractivity contribution in [2.45, 2.75) is 51.4 Å². The third kappa shape index (κ3) is 2.77. The number of hydrogen-bond acceptors (Lipinski definition) is 4. The molecule has 2 atom stereocenters. The monoisotopic (exact) mass is 304 g/mol. The summed E-state index contributed by atoms with van der Waals surface area (Å²) in [7, 11) is 1.64. The van der Waals surface area contributed by atoms with Crippen molar-refractivity contribution in [3.05, 3.63) is 23.8 Å². The highest BCUT2D eigenvalue weighted by molar-refractivity contribution is 5.84. The topological polar surface area (TPSA) is 50.8 Å². The van der Waals surface area contributed by atoms with Gasteiger partial charge in [-0.25, -0.2) is 0 Å². The van der Waals surface area contributed by atoms with E-state index in [-0.39, 0.29) is 24.2 Å². The van der Waals surface area contributed by atoms with Crippen LogP contribution >= 0.6 is 0 Å². The molecule has 2 aliphatic rings. The molecule has 0 bridgehead atoms. The first-order valence-corrected chi connectivity index (χ1v) is 8.01. The fraction of sp³-hybridized carbons (Fsp3) is 0.588. The second-order valence-corrected chi connectivity index (χ2v) is 6.24. The van der Waals surface area contributed by atoms with E-state index in [1.807, 2.05) is 32.0 Å². The second kappa shape index (κ2) is 6.16. The minimum atomic E-state index is -0.0557. The van der Waals surface area contributed by atoms with Gasteiger partial charge < -0.3 is 14.8 Å². The minimum absolute atomic E-state index is 0.0244. The average molecular weight is 304 g/mol. The van der Waals surface area contributed by atoms with E-state index in [4.69, 9.17) is 9.47 Å². The van der Waals surface area contributed by atoms with Crippen LogP contribution in [0.5, 0.6) is 11.5 Å². The molecule has 1 aromatic rings. The Labute approximate surface area is 131 Å². The van der Waals surface area contributed by atoms with Crippen LogP contribution in [0.1, 0.15) is 44.8 Å². The Morgan fingerprint density at radius 3 is 2.82 bits per heavy atom. The van der Waals surface area contributed by atoms with Gasteiger partial charge in [0.15, 0.2) is 11.5 Å². The lowest BCUT2D eigenvalue weighted by molar-refractivity contribution is -0.122. The van der Waals surface area contributed by atoms with Crippen molar-refractivity contribution in [2.75, 3.05) is 13.7 Å². The first kappa shape index (κ1) is 15.2. The van der Waals surface area contributed by atoms with E-state index < -0.39 is 0 Å². The molecule has 0 radical (unpaired) electrons. The number of hydrogen-bond donors (Lipinski definition) is 1. The van der Waals surface area contributed by atoms with Crippen LogP contribution in [0.3, 0.4) is 0 Å². The number of benzene rings is 1. The van der Waals surface area contributed by atoms with E-state index in [2.05, 4.69) is 10.2 Å². The maximum absolute atomic E-state index is 12.2. The predicted octanol–water partition coefficient (Wildman–Crippen LogP) is 2.47. The Morgan fingerprint density at radius 1 is 1.27 bits per heavy atom. The van der Waals surface area contributed by atoms with Crippen LogP contribution in [0, 0.1) is 0 Å². The molecule has 5 heteroatoms. The lowest BCUT2D eigenvalue weighted by Gasteiger charge is -2.31. The fourth-order valence-electron chi connectivity index (χ4n) is 3.34. The largest absolute Gasteiger partial charge is 0.493 e. The molecule has 5 nitrogen and oxygen atoms in total. The number of ether oxygens (including phenoxy) is 2. The van der Waals surface area contributed by atoms with Gasteiger partial charge in [-0.05, 0) is 44.4 Å². The number of amides is 1. The molecule has 0 spiro atoms. The van der Waals surface area contributed by atoms with Crippen molar-refractivity contribution in [3.8, 4) is 11.5 Å². The third-order valence-electron chi connectivity index (χ3n) is 4.32. The zero-order valence-electron chi connectivity index (χ0n) is 13.5. The molecule has 2 fully saturated rings. The molecule has 2 aliphatic heterocycles. The van der Waals surface area contributed by atoms with Gasteiger partial charge in [-0.2, -0.15) is 0 Å². The van der Waals surface area contributed by atoms with E-state index in [1.165, 1.54) is 0 Å². The van der Waals surface area contributed by atoms with Gasteiger partial charge in [0.25, 0.3) is 0 Å². The summed E-state index contributed by atoms with van der Waals surface area (Å²) in [6.07, 6.45) is 3.27. The van der Waals surface area contributed by atoms with Crippen molar-refractivity contribution < 1.29 is 14.3 Å². The number of methoxy groups -OCH3 is 1. The van der Waals surface area contributed by atoms with Gasteiger partial charge in [0.05, 0.1) is 19.3 Å². The van der Waals surface area contributed by atoms with E-state index in [0.717, 1.165) is 37.1 Å². The van der Waals surface area contributed by atoms with Crippen molar-refractivity contribution >= 4 is 5.91 Å². The van der Waals surface area contributed by atoms with Gasteiger partial charge in [0, 0.05) is 6.54 Å². The van der Waals surface area contributed by atoms with Crippen molar-refractivity contribution in [3.63, 3.8) is 0 Å². The van der Waals surface area contributed by atoms with Crippen LogP contribution < -0.4 is 14.8 Å². The van der Waals surface area contributed by atoms with E-state index >= 15 is 0 Å². The van der Waals surface area contributed by atoms with Crippen LogP contribution in [0.2, 0.25) is 0 Å². The van der Waals surface area contributed by atoms with E-state index in [1.54, 1.807) is 7.11 Å². The van der Waals surface area contributed by atoms with Crippen molar-refractivity contribution in [2.24, 2.45) is 0 Å². The van der Waals surface area contributed by atoms with Crippen LogP contribution in [0.4, 0.5) is 0 Å². The summed E-state index contributed by atoms with van der Waals surface area (Å²) in [5, 5.41) is 3.11. The van der Waals surface area contributed by atoms with Crippen molar-refractivity contribution in [1.82, 2.24) is 10.2 Å². The number of carbonyl (C=O) groups is 1. The Hall–Kier alpha value is -1.75. The highest BCUT2D eigenvalue weighted by Gasteiger charge is 2.41. The van der Waals surface area contributed by atoms with E-state index in [0.29, 0.717) is 5.75 Å². The van der Waals surface area contributed by atoms with Gasteiger partial charge in [0.2, 0.25) is 5.91 Å². The average Bonchev–Trinajstić information content (AvgIpc) is 2.85. The molecule has 1 N–H and O–H groups in total. The smallest absolute Gasteiger partial charge is 0.238 e. The Balaban J connectivity index is 1.87. The molecule has 2 heterocycles. The zero-order chi connectivity index (χ0) is 15.7. The van der Waals surface area contributed by atoms with Gasteiger partial charge in [-0.1, -0.05) is 12.5 Å². The summed E-state index contributed by atoms with van der Waals surface area (Å²) < 4.78 is 11.2. The quantitative estimate of drug-likeness (QED) is 0.928. The number of piperidine rings is 1. The second-order valence-electron chi connectivity index (χ2n) is 6.24. The summed E-state index contributed by atoms with van der Waals surface area (Å²) in [5.41, 5.74) is 1.05. The van der Waals surface area contributed by atoms with Crippen molar-refractivity contribution in [1.29, 1.82) is 0 Å². The van der Waals surface area contributed by atoms with Gasteiger partial charge in [-0.3, -0.25) is 9.69 Å². The summed E-state index contributed by atoms with van der Waals surface area (Å²) in [4.78, 5) is 14.4. The first-order chi connectivity index (χ1) is 10.6. The lowest BCUT2D eigenvalue weighted by Crippen LogP contribution is -2.38. The van der Waals surface area contributed by atoms with Gasteiger partial charge in [-0.15, -0.1) is 0 Å². The summed E-state index contributed by atoms with van der Waals surface area (Å²) in [6.45, 7) is 4.94. The molecular weight excluding hydrogens is 280 g/mol. The number of nitrogens with zero attached hydrogens (tertiary/aromatic N) is 1. The highest BCUT2D eigenvalue weighted by atomic mass is 16.5. The van der Waals surface area contributed by atoms with Crippen LogP contribution in [0.25, 0.3) is 0 Å². The molecule has 0 aliphatic carbocycles. The Morgan fingerprint density at radius 2 is 2.09 bits per heavy atom.